The summed E-state index contributed by atoms with van der Waals surface area (Å²) < 4.78 is 0. The summed E-state index contributed by atoms with van der Waals surface area (Å²) in [5, 5.41) is 1.99. The third-order valence-corrected chi connectivity index (χ3v) is 4.43. The summed E-state index contributed by atoms with van der Waals surface area (Å²) >= 11 is 6.28. The van der Waals surface area contributed by atoms with Crippen LogP contribution in [0.1, 0.15) is 13.3 Å². The van der Waals surface area contributed by atoms with Crippen LogP contribution in [0.15, 0.2) is 12.4 Å². The zero-order valence-electron chi connectivity index (χ0n) is 9.78. The van der Waals surface area contributed by atoms with Crippen LogP contribution < -0.4 is 10.2 Å². The first-order valence-corrected chi connectivity index (χ1v) is 7.87. The van der Waals surface area contributed by atoms with Crippen molar-refractivity contribution in [1.29, 1.82) is 0 Å². The fourth-order valence-electron chi connectivity index (χ4n) is 2.15. The number of pyridine rings is 1. The van der Waals surface area contributed by atoms with Gasteiger partial charge in [0, 0.05) is 19.3 Å². The Labute approximate surface area is 103 Å². The van der Waals surface area contributed by atoms with Gasteiger partial charge in [0.2, 0.25) is 0 Å². The van der Waals surface area contributed by atoms with Crippen molar-refractivity contribution in [1.82, 2.24) is 4.98 Å². The second-order valence-corrected chi connectivity index (χ2v) is 6.81. The first-order valence-electron chi connectivity index (χ1n) is 5.52. The lowest BCUT2D eigenvalue weighted by molar-refractivity contribution is 0.659. The van der Waals surface area contributed by atoms with Crippen LogP contribution in [0, 0.1) is 5.92 Å². The first-order chi connectivity index (χ1) is 7.59. The fourth-order valence-corrected chi connectivity index (χ4v) is 3.38. The number of anilines is 1. The molecule has 1 aliphatic rings. The van der Waals surface area contributed by atoms with Gasteiger partial charge < -0.3 is 4.90 Å². The van der Waals surface area contributed by atoms with E-state index in [1.165, 1.54) is 17.4 Å². The molecule has 0 aliphatic carbocycles. The lowest BCUT2D eigenvalue weighted by Crippen LogP contribution is -2.24. The minimum Gasteiger partial charge on any atom is -0.366 e. The lowest BCUT2D eigenvalue weighted by Gasteiger charge is -2.19. The maximum absolute atomic E-state index is 6.28. The molecule has 0 aromatic carbocycles. The average molecular weight is 256 g/mol. The van der Waals surface area contributed by atoms with Crippen LogP contribution in [0.4, 0.5) is 5.69 Å². The molecule has 4 heteroatoms. The van der Waals surface area contributed by atoms with Crippen molar-refractivity contribution in [2.45, 2.75) is 13.3 Å². The highest BCUT2D eigenvalue weighted by Gasteiger charge is 2.26. The van der Waals surface area contributed by atoms with E-state index < -0.39 is 7.55 Å². The Balaban J connectivity index is 2.42. The van der Waals surface area contributed by atoms with Crippen molar-refractivity contribution in [3.8, 4) is 0 Å². The van der Waals surface area contributed by atoms with Gasteiger partial charge in [-0.2, -0.15) is 0 Å². The van der Waals surface area contributed by atoms with Gasteiger partial charge in [0.05, 0.1) is 17.5 Å². The van der Waals surface area contributed by atoms with E-state index in [-0.39, 0.29) is 0 Å². The van der Waals surface area contributed by atoms with Crippen LogP contribution in [-0.2, 0) is 0 Å². The van der Waals surface area contributed by atoms with E-state index in [0.29, 0.717) is 0 Å². The highest BCUT2D eigenvalue weighted by Crippen LogP contribution is 2.32. The second kappa shape index (κ2) is 4.73. The minimum absolute atomic E-state index is 0.402. The molecule has 1 aromatic rings. The van der Waals surface area contributed by atoms with Gasteiger partial charge in [-0.3, -0.25) is 4.98 Å². The van der Waals surface area contributed by atoms with Crippen molar-refractivity contribution in [3.05, 3.63) is 17.4 Å². The predicted molar refractivity (Wildman–Crippen MR) is 74.8 cm³/mol. The van der Waals surface area contributed by atoms with Crippen LogP contribution >= 0.6 is 19.1 Å². The highest BCUT2D eigenvalue weighted by molar-refractivity contribution is 7.63. The SMILES string of the molecule is C=[P+](C)c1cncc(Cl)c1N1CCC(C)C1. The van der Waals surface area contributed by atoms with Gasteiger partial charge >= 0.3 is 0 Å². The summed E-state index contributed by atoms with van der Waals surface area (Å²) in [6, 6.07) is 0. The van der Waals surface area contributed by atoms with Crippen LogP contribution in [0.2, 0.25) is 5.02 Å². The Morgan fingerprint density at radius 2 is 2.31 bits per heavy atom. The van der Waals surface area contributed by atoms with Gasteiger partial charge in [-0.15, -0.1) is 0 Å². The molecule has 0 radical (unpaired) electrons. The summed E-state index contributed by atoms with van der Waals surface area (Å²) in [6.07, 6.45) is 9.05. The van der Waals surface area contributed by atoms with Gasteiger partial charge in [-0.05, 0) is 12.3 Å². The van der Waals surface area contributed by atoms with E-state index >= 15 is 0 Å². The minimum atomic E-state index is -0.402. The fraction of sp³-hybridized carbons (Fsp3) is 0.500. The van der Waals surface area contributed by atoms with E-state index in [2.05, 4.69) is 29.8 Å². The normalized spacial score (nSPS) is 21.3. The number of halogens is 1. The summed E-state index contributed by atoms with van der Waals surface area (Å²) in [7, 11) is -0.402. The third-order valence-electron chi connectivity index (χ3n) is 3.00. The summed E-state index contributed by atoms with van der Waals surface area (Å²) in [5.41, 5.74) is 1.17. The van der Waals surface area contributed by atoms with E-state index in [1.54, 1.807) is 6.20 Å². The molecule has 86 valence electrons. The third kappa shape index (κ3) is 2.23. The maximum atomic E-state index is 6.28. The van der Waals surface area contributed by atoms with E-state index in [9.17, 15) is 0 Å². The average Bonchev–Trinajstić information content (AvgIpc) is 2.64. The molecule has 2 nitrogen and oxygen atoms in total. The van der Waals surface area contributed by atoms with Gasteiger partial charge in [-0.1, -0.05) is 18.5 Å². The second-order valence-electron chi connectivity index (χ2n) is 4.53. The van der Waals surface area contributed by atoms with Gasteiger partial charge in [0.15, 0.2) is 5.30 Å². The number of aromatic nitrogens is 1. The molecule has 0 N–H and O–H groups in total. The van der Waals surface area contributed by atoms with Gasteiger partial charge in [-0.25, -0.2) is 0 Å². The quantitative estimate of drug-likeness (QED) is 0.756. The monoisotopic (exact) mass is 255 g/mol. The Morgan fingerprint density at radius 1 is 1.56 bits per heavy atom. The van der Waals surface area contributed by atoms with Gasteiger partial charge in [0.1, 0.15) is 19.9 Å². The zero-order valence-corrected chi connectivity index (χ0v) is 11.4. The van der Waals surface area contributed by atoms with Crippen LogP contribution in [0.25, 0.3) is 0 Å². The Morgan fingerprint density at radius 3 is 2.88 bits per heavy atom. The van der Waals surface area contributed by atoms with E-state index in [0.717, 1.165) is 24.0 Å². The van der Waals surface area contributed by atoms with Crippen LogP contribution in [0.3, 0.4) is 0 Å². The van der Waals surface area contributed by atoms with E-state index in [1.807, 2.05) is 6.20 Å². The Hall–Kier alpha value is -0.590. The summed E-state index contributed by atoms with van der Waals surface area (Å²) in [6.45, 7) is 6.63. The molecule has 2 heterocycles. The van der Waals surface area contributed by atoms with Crippen LogP contribution in [0.5, 0.6) is 0 Å². The van der Waals surface area contributed by atoms with E-state index in [4.69, 9.17) is 11.6 Å². The predicted octanol–water partition coefficient (Wildman–Crippen LogP) is 2.75. The molecule has 2 atom stereocenters. The van der Waals surface area contributed by atoms with Gasteiger partial charge in [0.25, 0.3) is 0 Å². The topological polar surface area (TPSA) is 16.1 Å². The molecule has 1 aliphatic heterocycles. The number of hydrogen-bond donors (Lipinski definition) is 0. The Kier molecular flexibility index (Phi) is 3.51. The molecule has 0 bridgehead atoms. The Bertz CT molecular complexity index is 419. The molecular formula is C12H17ClN2P+. The number of hydrogen-bond acceptors (Lipinski definition) is 2. The molecule has 1 aromatic heterocycles. The molecule has 2 rings (SSSR count). The molecule has 2 unspecified atom stereocenters. The molecule has 0 saturated carbocycles. The van der Waals surface area contributed by atoms with Crippen molar-refractivity contribution in [2.75, 3.05) is 24.7 Å². The van der Waals surface area contributed by atoms with Crippen LogP contribution in [-0.4, -0.2) is 31.0 Å². The smallest absolute Gasteiger partial charge is 0.190 e. The molecule has 1 fully saturated rings. The molecular weight excluding hydrogens is 239 g/mol. The van der Waals surface area contributed by atoms with Crippen molar-refractivity contribution in [3.63, 3.8) is 0 Å². The molecule has 1 saturated heterocycles. The summed E-state index contributed by atoms with van der Waals surface area (Å²) in [5.74, 6) is 0.755. The lowest BCUT2D eigenvalue weighted by atomic mass is 10.2. The largest absolute Gasteiger partial charge is 0.366 e. The number of nitrogens with zero attached hydrogens (tertiary/aromatic N) is 2. The first kappa shape index (κ1) is 11.9. The molecule has 0 spiro atoms. The van der Waals surface area contributed by atoms with Crippen molar-refractivity contribution < 1.29 is 0 Å². The van der Waals surface area contributed by atoms with Crippen molar-refractivity contribution >= 4 is 36.4 Å². The molecule has 16 heavy (non-hydrogen) atoms. The highest BCUT2D eigenvalue weighted by atomic mass is 35.5. The number of rotatable bonds is 2. The standard InChI is InChI=1S/C12H17ClN2P/c1-9-4-5-15(8-9)12-10(13)6-14-7-11(12)16(2)3/h6-7,9H,2,4-5,8H2,1,3H3/q+1. The molecule has 0 amide bonds. The summed E-state index contributed by atoms with van der Waals surface area (Å²) in [4.78, 5) is 6.56. The maximum Gasteiger partial charge on any atom is 0.190 e. The zero-order chi connectivity index (χ0) is 11.7. The van der Waals surface area contributed by atoms with Crippen molar-refractivity contribution in [2.24, 2.45) is 5.92 Å².